The van der Waals surface area contributed by atoms with Crippen LogP contribution in [0.3, 0.4) is 0 Å². The van der Waals surface area contributed by atoms with E-state index >= 15 is 0 Å². The molecule has 0 spiro atoms. The number of aliphatic hydroxyl groups excluding tert-OH is 8. The molecule has 0 bridgehead atoms. The number of rotatable bonds is 15. The lowest BCUT2D eigenvalue weighted by Gasteiger charge is -2.49. The molecular formula is C15H32O9. The van der Waals surface area contributed by atoms with Crippen LogP contribution in [0.1, 0.15) is 19.3 Å². The molecule has 0 aliphatic rings. The average molecular weight is 356 g/mol. The summed E-state index contributed by atoms with van der Waals surface area (Å²) in [5.74, 6) is -0.819. The first-order valence-corrected chi connectivity index (χ1v) is 8.03. The van der Waals surface area contributed by atoms with Crippen LogP contribution >= 0.6 is 0 Å². The van der Waals surface area contributed by atoms with Crippen molar-refractivity contribution in [3.8, 4) is 0 Å². The summed E-state index contributed by atoms with van der Waals surface area (Å²) in [5, 5.41) is 75.9. The summed E-state index contributed by atoms with van der Waals surface area (Å²) < 4.78 is 5.72. The molecule has 0 aliphatic carbocycles. The smallest absolute Gasteiger partial charge is 0.100 e. The summed E-state index contributed by atoms with van der Waals surface area (Å²) in [6, 6.07) is 0. The topological polar surface area (TPSA) is 171 Å². The molecule has 0 aromatic heterocycles. The fourth-order valence-corrected chi connectivity index (χ4v) is 3.15. The van der Waals surface area contributed by atoms with Crippen LogP contribution in [0.5, 0.6) is 0 Å². The molecule has 0 radical (unpaired) electrons. The van der Waals surface area contributed by atoms with Crippen LogP contribution in [-0.4, -0.2) is 105 Å². The van der Waals surface area contributed by atoms with Gasteiger partial charge in [0, 0.05) is 31.2 Å². The highest BCUT2D eigenvalue weighted by atomic mass is 16.5. The van der Waals surface area contributed by atoms with E-state index in [1.807, 2.05) is 0 Å². The lowest BCUT2D eigenvalue weighted by atomic mass is 9.64. The van der Waals surface area contributed by atoms with Crippen molar-refractivity contribution in [2.75, 3.05) is 52.9 Å². The summed E-state index contributed by atoms with van der Waals surface area (Å²) in [6.45, 7) is -3.71. The second kappa shape index (κ2) is 12.1. The standard InChI is InChI=1S/C15H32O9/c16-4-1-13(14(9-20,10-21)11-22)15(2-5-17,3-6-18)24-8-12(23)7-19/h12-13,16-23H,1-11H2. The second-order valence-electron chi connectivity index (χ2n) is 6.06. The molecule has 0 saturated heterocycles. The van der Waals surface area contributed by atoms with E-state index in [4.69, 9.17) is 9.84 Å². The summed E-state index contributed by atoms with van der Waals surface area (Å²) >= 11 is 0. The third-order valence-electron chi connectivity index (χ3n) is 4.58. The van der Waals surface area contributed by atoms with Crippen molar-refractivity contribution in [2.45, 2.75) is 31.0 Å². The summed E-state index contributed by atoms with van der Waals surface area (Å²) in [4.78, 5) is 0. The molecule has 0 aromatic carbocycles. The van der Waals surface area contributed by atoms with Crippen LogP contribution < -0.4 is 0 Å². The van der Waals surface area contributed by atoms with Gasteiger partial charge in [0.1, 0.15) is 6.10 Å². The highest BCUT2D eigenvalue weighted by molar-refractivity contribution is 4.99. The number of hydrogen-bond donors (Lipinski definition) is 8. The zero-order valence-corrected chi connectivity index (χ0v) is 13.9. The SMILES string of the molecule is OCCC(C(CO)(CO)CO)C(CCO)(CCO)OCC(O)CO. The molecule has 9 heteroatoms. The van der Waals surface area contributed by atoms with Gasteiger partial charge in [-0.3, -0.25) is 0 Å². The Morgan fingerprint density at radius 2 is 1.25 bits per heavy atom. The van der Waals surface area contributed by atoms with Crippen LogP contribution in [0, 0.1) is 11.3 Å². The molecule has 0 fully saturated rings. The van der Waals surface area contributed by atoms with Crippen LogP contribution in [0.2, 0.25) is 0 Å². The van der Waals surface area contributed by atoms with E-state index in [0.29, 0.717) is 0 Å². The van der Waals surface area contributed by atoms with Gasteiger partial charge in [0.05, 0.1) is 38.6 Å². The Balaban J connectivity index is 5.85. The quantitative estimate of drug-likeness (QED) is 0.151. The van der Waals surface area contributed by atoms with E-state index in [1.165, 1.54) is 0 Å². The maximum absolute atomic E-state index is 9.73. The second-order valence-corrected chi connectivity index (χ2v) is 6.06. The lowest BCUT2D eigenvalue weighted by molar-refractivity contribution is -0.189. The molecule has 0 saturated carbocycles. The molecule has 2 unspecified atom stereocenters. The maximum atomic E-state index is 9.73. The third-order valence-corrected chi connectivity index (χ3v) is 4.58. The van der Waals surface area contributed by atoms with Crippen LogP contribution in [0.15, 0.2) is 0 Å². The van der Waals surface area contributed by atoms with Gasteiger partial charge in [0.25, 0.3) is 0 Å². The van der Waals surface area contributed by atoms with Gasteiger partial charge in [-0.1, -0.05) is 0 Å². The fourth-order valence-electron chi connectivity index (χ4n) is 3.15. The van der Waals surface area contributed by atoms with Gasteiger partial charge in [0.15, 0.2) is 0 Å². The van der Waals surface area contributed by atoms with Gasteiger partial charge in [0.2, 0.25) is 0 Å². The van der Waals surface area contributed by atoms with Crippen molar-refractivity contribution in [1.82, 2.24) is 0 Å². The molecule has 24 heavy (non-hydrogen) atoms. The molecule has 0 aliphatic heterocycles. The molecule has 0 heterocycles. The highest BCUT2D eigenvalue weighted by Gasteiger charge is 2.50. The van der Waals surface area contributed by atoms with Crippen molar-refractivity contribution in [3.05, 3.63) is 0 Å². The summed E-state index contributed by atoms with van der Waals surface area (Å²) in [5.41, 5.74) is -2.74. The van der Waals surface area contributed by atoms with Gasteiger partial charge in [-0.25, -0.2) is 0 Å². The number of aliphatic hydroxyl groups is 8. The zero-order valence-electron chi connectivity index (χ0n) is 13.9. The minimum absolute atomic E-state index is 0.0157. The van der Waals surface area contributed by atoms with E-state index in [-0.39, 0.29) is 45.7 Å². The van der Waals surface area contributed by atoms with Crippen molar-refractivity contribution in [3.63, 3.8) is 0 Å². The van der Waals surface area contributed by atoms with Crippen molar-refractivity contribution < 1.29 is 45.6 Å². The summed E-state index contributed by atoms with van der Waals surface area (Å²) in [6.07, 6.45) is -1.20. The van der Waals surface area contributed by atoms with Crippen molar-refractivity contribution in [2.24, 2.45) is 11.3 Å². The zero-order chi connectivity index (χ0) is 18.6. The Bertz CT molecular complexity index is 295. The molecule has 0 aromatic rings. The molecule has 146 valence electrons. The first kappa shape index (κ1) is 23.6. The monoisotopic (exact) mass is 356 g/mol. The number of ether oxygens (including phenoxy) is 1. The lowest BCUT2D eigenvalue weighted by Crippen LogP contribution is -2.56. The Morgan fingerprint density at radius 1 is 0.750 bits per heavy atom. The minimum Gasteiger partial charge on any atom is -0.396 e. The van der Waals surface area contributed by atoms with Crippen molar-refractivity contribution in [1.29, 1.82) is 0 Å². The molecule has 2 atom stereocenters. The molecule has 8 N–H and O–H groups in total. The van der Waals surface area contributed by atoms with Gasteiger partial charge < -0.3 is 45.6 Å². The average Bonchev–Trinajstić information content (AvgIpc) is 2.60. The highest BCUT2D eigenvalue weighted by Crippen LogP contribution is 2.43. The third kappa shape index (κ3) is 5.87. The number of hydrogen-bond acceptors (Lipinski definition) is 9. The van der Waals surface area contributed by atoms with Gasteiger partial charge in [-0.15, -0.1) is 0 Å². The predicted octanol–water partition coefficient (Wildman–Crippen LogP) is -3.18. The maximum Gasteiger partial charge on any atom is 0.100 e. The van der Waals surface area contributed by atoms with Crippen LogP contribution in [-0.2, 0) is 4.74 Å². The Morgan fingerprint density at radius 3 is 1.58 bits per heavy atom. The summed E-state index contributed by atoms with van der Waals surface area (Å²) in [7, 11) is 0. The van der Waals surface area contributed by atoms with Gasteiger partial charge in [-0.2, -0.15) is 0 Å². The largest absolute Gasteiger partial charge is 0.396 e. The Kier molecular flexibility index (Phi) is 11.9. The fraction of sp³-hybridized carbons (Fsp3) is 1.00. The molecular weight excluding hydrogens is 324 g/mol. The molecule has 9 nitrogen and oxygen atoms in total. The van der Waals surface area contributed by atoms with E-state index < -0.39 is 49.5 Å². The first-order valence-electron chi connectivity index (χ1n) is 8.03. The van der Waals surface area contributed by atoms with Crippen LogP contribution in [0.4, 0.5) is 0 Å². The van der Waals surface area contributed by atoms with E-state index in [1.54, 1.807) is 0 Å². The molecule has 0 amide bonds. The molecule has 0 rings (SSSR count). The predicted molar refractivity (Wildman–Crippen MR) is 84.1 cm³/mol. The van der Waals surface area contributed by atoms with E-state index in [0.717, 1.165) is 0 Å². The Hall–Kier alpha value is -0.360. The van der Waals surface area contributed by atoms with Gasteiger partial charge >= 0.3 is 0 Å². The van der Waals surface area contributed by atoms with Crippen LogP contribution in [0.25, 0.3) is 0 Å². The van der Waals surface area contributed by atoms with Gasteiger partial charge in [-0.05, 0) is 19.3 Å². The minimum atomic E-state index is -1.42. The van der Waals surface area contributed by atoms with E-state index in [9.17, 15) is 35.7 Å². The van der Waals surface area contributed by atoms with Crippen molar-refractivity contribution >= 4 is 0 Å². The first-order chi connectivity index (χ1) is 11.5. The Labute approximate surface area is 141 Å². The van der Waals surface area contributed by atoms with E-state index in [2.05, 4.69) is 0 Å². The normalized spacial score (nSPS) is 15.5.